The summed E-state index contributed by atoms with van der Waals surface area (Å²) in [7, 11) is -0.641. The van der Waals surface area contributed by atoms with Gasteiger partial charge in [0.15, 0.2) is 0 Å². The van der Waals surface area contributed by atoms with Gasteiger partial charge in [0.1, 0.15) is 11.6 Å². The van der Waals surface area contributed by atoms with Crippen molar-refractivity contribution in [2.45, 2.75) is 45.8 Å². The van der Waals surface area contributed by atoms with Crippen LogP contribution in [-0.4, -0.2) is 29.8 Å². The lowest BCUT2D eigenvalue weighted by Crippen LogP contribution is -2.41. The monoisotopic (exact) mass is 266 g/mol. The molecule has 2 heterocycles. The minimum Gasteiger partial charge on any atom is -0.398 e. The Hall–Kier alpha value is -1.14. The standard InChI is InChI=1S/C13H20BFN2O2/c1-6-16-11-8-9(15)7-10(17-11)14-18-12(2,3)13(4,5)19-14/h7-8H,6H2,1-5H3,(H,16,17). The van der Waals surface area contributed by atoms with E-state index in [-0.39, 0.29) is 5.82 Å². The lowest BCUT2D eigenvalue weighted by Gasteiger charge is -2.32. The SMILES string of the molecule is CCNc1cc(F)cc(B2OC(C)(C)C(C)(C)O2)n1. The third-order valence-electron chi connectivity index (χ3n) is 3.66. The van der Waals surface area contributed by atoms with Gasteiger partial charge in [-0.3, -0.25) is 0 Å². The van der Waals surface area contributed by atoms with Crippen LogP contribution >= 0.6 is 0 Å². The minimum atomic E-state index is -0.641. The molecule has 0 amide bonds. The van der Waals surface area contributed by atoms with Crippen LogP contribution in [-0.2, 0) is 9.31 Å². The number of anilines is 1. The Labute approximate surface area is 113 Å². The van der Waals surface area contributed by atoms with Gasteiger partial charge in [-0.05, 0) is 40.7 Å². The van der Waals surface area contributed by atoms with Gasteiger partial charge in [-0.15, -0.1) is 0 Å². The molecule has 104 valence electrons. The fourth-order valence-electron chi connectivity index (χ4n) is 1.87. The fraction of sp³-hybridized carbons (Fsp3) is 0.615. The second kappa shape index (κ2) is 4.76. The molecule has 2 rings (SSSR count). The van der Waals surface area contributed by atoms with Crippen molar-refractivity contribution >= 4 is 18.5 Å². The number of nitrogens with zero attached hydrogens (tertiary/aromatic N) is 1. The van der Waals surface area contributed by atoms with Crippen molar-refractivity contribution in [1.82, 2.24) is 4.98 Å². The van der Waals surface area contributed by atoms with Crippen molar-refractivity contribution in [3.8, 4) is 0 Å². The maximum absolute atomic E-state index is 13.6. The summed E-state index contributed by atoms with van der Waals surface area (Å²) in [6.07, 6.45) is 0. The van der Waals surface area contributed by atoms with Crippen molar-refractivity contribution in [3.63, 3.8) is 0 Å². The molecule has 0 aromatic carbocycles. The minimum absolute atomic E-state index is 0.351. The third-order valence-corrected chi connectivity index (χ3v) is 3.66. The van der Waals surface area contributed by atoms with Gasteiger partial charge in [-0.2, -0.15) is 0 Å². The Morgan fingerprint density at radius 2 is 1.79 bits per heavy atom. The zero-order valence-electron chi connectivity index (χ0n) is 12.1. The van der Waals surface area contributed by atoms with E-state index in [4.69, 9.17) is 9.31 Å². The van der Waals surface area contributed by atoms with E-state index in [0.29, 0.717) is 18.0 Å². The summed E-state index contributed by atoms with van der Waals surface area (Å²) in [6, 6.07) is 2.71. The Kier molecular flexibility index (Phi) is 3.58. The number of halogens is 1. The molecule has 1 aliphatic heterocycles. The predicted molar refractivity (Wildman–Crippen MR) is 74.1 cm³/mol. The van der Waals surface area contributed by atoms with Gasteiger partial charge in [0.25, 0.3) is 0 Å². The molecule has 1 aliphatic rings. The average Bonchev–Trinajstić information content (AvgIpc) is 2.48. The number of nitrogens with one attached hydrogen (secondary N) is 1. The van der Waals surface area contributed by atoms with Crippen LogP contribution in [0, 0.1) is 5.82 Å². The second-order valence-corrected chi connectivity index (χ2v) is 5.71. The first kappa shape index (κ1) is 14.3. The van der Waals surface area contributed by atoms with Crippen molar-refractivity contribution in [2.75, 3.05) is 11.9 Å². The van der Waals surface area contributed by atoms with Crippen LogP contribution < -0.4 is 10.9 Å². The molecule has 0 aliphatic carbocycles. The molecule has 1 N–H and O–H groups in total. The number of aromatic nitrogens is 1. The molecule has 0 atom stereocenters. The average molecular weight is 266 g/mol. The first-order valence-corrected chi connectivity index (χ1v) is 6.52. The number of hydrogen-bond donors (Lipinski definition) is 1. The smallest absolute Gasteiger partial charge is 0.398 e. The highest BCUT2D eigenvalue weighted by Gasteiger charge is 2.52. The highest BCUT2D eigenvalue weighted by atomic mass is 19.1. The first-order chi connectivity index (χ1) is 8.75. The van der Waals surface area contributed by atoms with Crippen LogP contribution in [0.1, 0.15) is 34.6 Å². The summed E-state index contributed by atoms with van der Waals surface area (Å²) < 4.78 is 25.3. The quantitative estimate of drug-likeness (QED) is 0.849. The largest absolute Gasteiger partial charge is 0.514 e. The molecule has 0 saturated carbocycles. The van der Waals surface area contributed by atoms with Gasteiger partial charge in [0.2, 0.25) is 0 Å². The van der Waals surface area contributed by atoms with Gasteiger partial charge >= 0.3 is 7.12 Å². The Morgan fingerprint density at radius 3 is 2.32 bits per heavy atom. The van der Waals surface area contributed by atoms with Gasteiger partial charge in [0, 0.05) is 12.6 Å². The van der Waals surface area contributed by atoms with E-state index in [1.54, 1.807) is 0 Å². The Balaban J connectivity index is 2.29. The van der Waals surface area contributed by atoms with E-state index in [9.17, 15) is 4.39 Å². The molecule has 19 heavy (non-hydrogen) atoms. The summed E-state index contributed by atoms with van der Waals surface area (Å²) in [4.78, 5) is 4.34. The van der Waals surface area contributed by atoms with Crippen LogP contribution in [0.3, 0.4) is 0 Å². The van der Waals surface area contributed by atoms with Crippen molar-refractivity contribution in [1.29, 1.82) is 0 Å². The third kappa shape index (κ3) is 2.74. The number of hydrogen-bond acceptors (Lipinski definition) is 4. The van der Waals surface area contributed by atoms with Gasteiger partial charge in [-0.25, -0.2) is 9.37 Å². The van der Waals surface area contributed by atoms with Gasteiger partial charge in [0.05, 0.1) is 16.8 Å². The van der Waals surface area contributed by atoms with E-state index in [1.165, 1.54) is 12.1 Å². The van der Waals surface area contributed by atoms with Crippen molar-refractivity contribution in [3.05, 3.63) is 17.9 Å². The van der Waals surface area contributed by atoms with E-state index in [2.05, 4.69) is 10.3 Å². The van der Waals surface area contributed by atoms with Crippen LogP contribution in [0.2, 0.25) is 0 Å². The molecule has 0 spiro atoms. The Bertz CT molecular complexity index is 464. The van der Waals surface area contributed by atoms with Crippen LogP contribution in [0.5, 0.6) is 0 Å². The Morgan fingerprint density at radius 1 is 1.21 bits per heavy atom. The molecule has 1 fully saturated rings. The topological polar surface area (TPSA) is 43.4 Å². The molecular weight excluding hydrogens is 246 g/mol. The van der Waals surface area contributed by atoms with Crippen LogP contribution in [0.15, 0.2) is 12.1 Å². The maximum Gasteiger partial charge on any atom is 0.514 e. The predicted octanol–water partition coefficient (Wildman–Crippen LogP) is 1.95. The zero-order valence-corrected chi connectivity index (χ0v) is 12.1. The fourth-order valence-corrected chi connectivity index (χ4v) is 1.87. The summed E-state index contributed by atoms with van der Waals surface area (Å²) in [6.45, 7) is 10.4. The molecule has 1 aromatic rings. The molecule has 0 bridgehead atoms. The summed E-state index contributed by atoms with van der Waals surface area (Å²) in [5, 5.41) is 2.99. The van der Waals surface area contributed by atoms with E-state index in [0.717, 1.165) is 0 Å². The maximum atomic E-state index is 13.6. The van der Waals surface area contributed by atoms with Crippen LogP contribution in [0.4, 0.5) is 10.2 Å². The van der Waals surface area contributed by atoms with Crippen LogP contribution in [0.25, 0.3) is 0 Å². The van der Waals surface area contributed by atoms with E-state index < -0.39 is 18.3 Å². The van der Waals surface area contributed by atoms with Gasteiger partial charge in [-0.1, -0.05) is 0 Å². The summed E-state index contributed by atoms with van der Waals surface area (Å²) in [5.41, 5.74) is -0.455. The van der Waals surface area contributed by atoms with Crippen molar-refractivity contribution < 1.29 is 13.7 Å². The molecular formula is C13H20BFN2O2. The number of rotatable bonds is 3. The summed E-state index contributed by atoms with van der Waals surface area (Å²) >= 11 is 0. The summed E-state index contributed by atoms with van der Waals surface area (Å²) in [5.74, 6) is 0.142. The van der Waals surface area contributed by atoms with E-state index in [1.807, 2.05) is 34.6 Å². The lowest BCUT2D eigenvalue weighted by atomic mass is 9.84. The molecule has 1 saturated heterocycles. The second-order valence-electron chi connectivity index (χ2n) is 5.71. The lowest BCUT2D eigenvalue weighted by molar-refractivity contribution is 0.00578. The van der Waals surface area contributed by atoms with Gasteiger partial charge < -0.3 is 14.6 Å². The van der Waals surface area contributed by atoms with E-state index >= 15 is 0 Å². The molecule has 0 unspecified atom stereocenters. The molecule has 0 radical (unpaired) electrons. The molecule has 1 aromatic heterocycles. The molecule has 6 heteroatoms. The number of pyridine rings is 1. The highest BCUT2D eigenvalue weighted by Crippen LogP contribution is 2.36. The zero-order chi connectivity index (χ0) is 14.3. The first-order valence-electron chi connectivity index (χ1n) is 6.52. The normalized spacial score (nSPS) is 20.6. The van der Waals surface area contributed by atoms with Crippen molar-refractivity contribution in [2.24, 2.45) is 0 Å². The molecule has 4 nitrogen and oxygen atoms in total. The highest BCUT2D eigenvalue weighted by molar-refractivity contribution is 6.61.